The van der Waals surface area contributed by atoms with Gasteiger partial charge in [-0.3, -0.25) is 0 Å². The molecule has 0 saturated carbocycles. The number of hydrogen-bond acceptors (Lipinski definition) is 5. The molecule has 132 valence electrons. The number of H-pyrrole nitrogens is 1. The van der Waals surface area contributed by atoms with Crippen LogP contribution in [0.2, 0.25) is 0 Å². The van der Waals surface area contributed by atoms with E-state index in [1.54, 1.807) is 26.0 Å². The lowest BCUT2D eigenvalue weighted by molar-refractivity contribution is 0.588. The van der Waals surface area contributed by atoms with Crippen LogP contribution in [-0.4, -0.2) is 23.6 Å². The van der Waals surface area contributed by atoms with Crippen LogP contribution in [0.1, 0.15) is 25.0 Å². The minimum Gasteiger partial charge on any atom is -0.369 e. The van der Waals surface area contributed by atoms with Crippen molar-refractivity contribution in [2.45, 2.75) is 24.0 Å². The maximum absolute atomic E-state index is 12.8. The molecule has 0 atom stereocenters. The van der Waals surface area contributed by atoms with Gasteiger partial charge in [0.15, 0.2) is 15.8 Å². The molecule has 3 rings (SSSR count). The molecule has 0 aliphatic rings. The summed E-state index contributed by atoms with van der Waals surface area (Å²) < 4.78 is 25.7. The highest BCUT2D eigenvalue weighted by atomic mass is 32.2. The number of nitrogen functional groups attached to an aromatic ring is 1. The van der Waals surface area contributed by atoms with Crippen LogP contribution in [-0.2, 0) is 9.84 Å². The molecule has 7 heteroatoms. The molecule has 26 heavy (non-hydrogen) atoms. The molecule has 0 aliphatic carbocycles. The van der Waals surface area contributed by atoms with Crippen molar-refractivity contribution >= 4 is 32.4 Å². The Kier molecular flexibility index (Phi) is 4.53. The van der Waals surface area contributed by atoms with E-state index in [2.05, 4.69) is 9.97 Å². The number of sulfone groups is 1. The average Bonchev–Trinajstić information content (AvgIpc) is 2.99. The highest BCUT2D eigenvalue weighted by Gasteiger charge is 2.25. The fourth-order valence-corrected chi connectivity index (χ4v) is 3.97. The Bertz CT molecular complexity index is 1140. The summed E-state index contributed by atoms with van der Waals surface area (Å²) in [6.45, 7) is 3.24. The third kappa shape index (κ3) is 3.07. The Balaban J connectivity index is 2.34. The van der Waals surface area contributed by atoms with E-state index < -0.39 is 15.1 Å². The van der Waals surface area contributed by atoms with Crippen LogP contribution in [0.5, 0.6) is 0 Å². The van der Waals surface area contributed by atoms with Gasteiger partial charge in [-0.25, -0.2) is 13.4 Å². The van der Waals surface area contributed by atoms with E-state index in [4.69, 9.17) is 5.73 Å². The van der Waals surface area contributed by atoms with Crippen LogP contribution in [0.4, 0.5) is 5.95 Å². The highest BCUT2D eigenvalue weighted by molar-refractivity contribution is 7.92. The molecule has 3 aromatic rings. The zero-order chi connectivity index (χ0) is 18.9. The van der Waals surface area contributed by atoms with Gasteiger partial charge in [0, 0.05) is 6.08 Å². The van der Waals surface area contributed by atoms with Gasteiger partial charge >= 0.3 is 0 Å². The maximum Gasteiger partial charge on any atom is 0.198 e. The fourth-order valence-electron chi connectivity index (χ4n) is 2.75. The lowest BCUT2D eigenvalue weighted by Gasteiger charge is -2.12. The third-order valence-corrected chi connectivity index (χ3v) is 6.27. The predicted molar refractivity (Wildman–Crippen MR) is 102 cm³/mol. The van der Waals surface area contributed by atoms with E-state index in [-0.39, 0.29) is 10.8 Å². The standard InChI is InChI=1S/C19H18N4O2S/c1-12(2)26(24,25)17-11-14(10-16-18(17)23-19(21)22-16)15(8-9-20)13-6-4-3-5-7-13/h3-8,10-12H,1-2H3,(H3,21,22,23)/b15-8+. The number of imidazole rings is 1. The molecule has 1 aromatic heterocycles. The van der Waals surface area contributed by atoms with Crippen molar-refractivity contribution in [3.8, 4) is 6.07 Å². The van der Waals surface area contributed by atoms with Crippen LogP contribution in [0.3, 0.4) is 0 Å². The van der Waals surface area contributed by atoms with Crippen molar-refractivity contribution in [3.63, 3.8) is 0 Å². The van der Waals surface area contributed by atoms with Gasteiger partial charge in [-0.1, -0.05) is 30.3 Å². The second-order valence-corrected chi connectivity index (χ2v) is 8.61. The molecule has 0 radical (unpaired) electrons. The Labute approximate surface area is 151 Å². The summed E-state index contributed by atoms with van der Waals surface area (Å²) in [5.41, 5.74) is 8.62. The van der Waals surface area contributed by atoms with Crippen LogP contribution in [0.15, 0.2) is 53.4 Å². The number of nitrogens with zero attached hydrogens (tertiary/aromatic N) is 2. The first-order valence-electron chi connectivity index (χ1n) is 8.03. The molecule has 0 spiro atoms. The molecule has 0 amide bonds. The normalized spacial score (nSPS) is 12.5. The summed E-state index contributed by atoms with van der Waals surface area (Å²) in [5, 5.41) is 8.60. The molecule has 0 fully saturated rings. The van der Waals surface area contributed by atoms with Gasteiger partial charge in [-0.2, -0.15) is 5.26 Å². The maximum atomic E-state index is 12.8. The van der Waals surface area contributed by atoms with Crippen LogP contribution in [0, 0.1) is 11.3 Å². The topological polar surface area (TPSA) is 113 Å². The summed E-state index contributed by atoms with van der Waals surface area (Å²) in [5.74, 6) is 0.142. The Morgan fingerprint density at radius 3 is 2.54 bits per heavy atom. The fraction of sp³-hybridized carbons (Fsp3) is 0.158. The van der Waals surface area contributed by atoms with Gasteiger partial charge in [0.05, 0.1) is 21.7 Å². The summed E-state index contributed by atoms with van der Waals surface area (Å²) in [6, 6.07) is 14.7. The number of nitrogens with one attached hydrogen (secondary N) is 1. The average molecular weight is 366 g/mol. The Hall–Kier alpha value is -3.11. The van der Waals surface area contributed by atoms with Crippen LogP contribution < -0.4 is 5.73 Å². The molecule has 0 bridgehead atoms. The largest absolute Gasteiger partial charge is 0.369 e. The predicted octanol–water partition coefficient (Wildman–Crippen LogP) is 3.28. The molecule has 1 heterocycles. The minimum atomic E-state index is -3.59. The van der Waals surface area contributed by atoms with Crippen molar-refractivity contribution in [2.75, 3.05) is 5.73 Å². The molecule has 0 saturated heterocycles. The van der Waals surface area contributed by atoms with E-state index in [9.17, 15) is 13.7 Å². The number of aromatic amines is 1. The zero-order valence-electron chi connectivity index (χ0n) is 14.4. The van der Waals surface area contributed by atoms with Gasteiger partial charge in [-0.15, -0.1) is 0 Å². The van der Waals surface area contributed by atoms with E-state index in [1.165, 1.54) is 6.08 Å². The number of benzene rings is 2. The van der Waals surface area contributed by atoms with E-state index in [1.807, 2.05) is 36.4 Å². The first-order chi connectivity index (χ1) is 12.3. The van der Waals surface area contributed by atoms with Gasteiger partial charge < -0.3 is 10.7 Å². The van der Waals surface area contributed by atoms with Gasteiger partial charge in [0.25, 0.3) is 0 Å². The van der Waals surface area contributed by atoms with Crippen LogP contribution in [0.25, 0.3) is 16.6 Å². The molecule has 2 aromatic carbocycles. The molecule has 0 unspecified atom stereocenters. The molecule has 3 N–H and O–H groups in total. The summed E-state index contributed by atoms with van der Waals surface area (Å²) >= 11 is 0. The number of anilines is 1. The monoisotopic (exact) mass is 366 g/mol. The summed E-state index contributed by atoms with van der Waals surface area (Å²) in [4.78, 5) is 7.13. The van der Waals surface area contributed by atoms with Crippen molar-refractivity contribution in [1.29, 1.82) is 5.26 Å². The number of aromatic nitrogens is 2. The van der Waals surface area contributed by atoms with E-state index in [0.29, 0.717) is 22.2 Å². The number of hydrogen-bond donors (Lipinski definition) is 2. The lowest BCUT2D eigenvalue weighted by atomic mass is 9.97. The second-order valence-electron chi connectivity index (χ2n) is 6.14. The van der Waals surface area contributed by atoms with Gasteiger partial charge in [0.1, 0.15) is 5.52 Å². The molecule has 6 nitrogen and oxygen atoms in total. The van der Waals surface area contributed by atoms with E-state index >= 15 is 0 Å². The van der Waals surface area contributed by atoms with Crippen molar-refractivity contribution in [3.05, 3.63) is 59.7 Å². The lowest BCUT2D eigenvalue weighted by Crippen LogP contribution is -2.15. The van der Waals surface area contributed by atoms with Crippen molar-refractivity contribution in [2.24, 2.45) is 0 Å². The first kappa shape index (κ1) is 17.7. The highest BCUT2D eigenvalue weighted by Crippen LogP contribution is 2.32. The SMILES string of the molecule is CC(C)S(=O)(=O)c1cc(/C(=C/C#N)c2ccccc2)cc2[nH]c(N)nc12. The zero-order valence-corrected chi connectivity index (χ0v) is 15.2. The summed E-state index contributed by atoms with van der Waals surface area (Å²) in [7, 11) is -3.59. The van der Waals surface area contributed by atoms with Gasteiger partial charge in [-0.05, 0) is 42.7 Å². The smallest absolute Gasteiger partial charge is 0.198 e. The van der Waals surface area contributed by atoms with E-state index in [0.717, 1.165) is 5.56 Å². The molecular weight excluding hydrogens is 348 g/mol. The van der Waals surface area contributed by atoms with Crippen molar-refractivity contribution in [1.82, 2.24) is 9.97 Å². The Morgan fingerprint density at radius 2 is 1.92 bits per heavy atom. The number of allylic oxidation sites excluding steroid dienone is 1. The first-order valence-corrected chi connectivity index (χ1v) is 9.58. The summed E-state index contributed by atoms with van der Waals surface area (Å²) in [6.07, 6.45) is 1.40. The number of fused-ring (bicyclic) bond motifs is 1. The molecule has 0 aliphatic heterocycles. The van der Waals surface area contributed by atoms with Crippen LogP contribution >= 0.6 is 0 Å². The number of nitrogens with two attached hydrogens (primary N) is 1. The quantitative estimate of drug-likeness (QED) is 0.688. The third-order valence-electron chi connectivity index (χ3n) is 4.10. The van der Waals surface area contributed by atoms with Crippen molar-refractivity contribution < 1.29 is 8.42 Å². The molecular formula is C19H18N4O2S. The van der Waals surface area contributed by atoms with Gasteiger partial charge in [0.2, 0.25) is 0 Å². The Morgan fingerprint density at radius 1 is 1.23 bits per heavy atom. The second kappa shape index (κ2) is 6.65. The number of rotatable bonds is 4. The number of nitriles is 1. The minimum absolute atomic E-state index is 0.104.